The molecule has 4 aromatic heterocycles. The summed E-state index contributed by atoms with van der Waals surface area (Å²) in [5.74, 6) is 1.86. The summed E-state index contributed by atoms with van der Waals surface area (Å²) in [5.41, 5.74) is 4.45. The SMILES string of the molecule is c1ccc2cc(-c3nc(-c4cccc5c4ccc4c6cnccc6sc54)nc(-c4cccc5oc6ccccc6c45)n3)ccc2c1. The first-order chi connectivity index (χ1) is 22.8. The fourth-order valence-corrected chi connectivity index (χ4v) is 7.86. The van der Waals surface area contributed by atoms with E-state index in [2.05, 4.69) is 96.0 Å². The van der Waals surface area contributed by atoms with Crippen molar-refractivity contribution in [2.24, 2.45) is 0 Å². The van der Waals surface area contributed by atoms with Crippen LogP contribution in [0.3, 0.4) is 0 Å². The van der Waals surface area contributed by atoms with Crippen LogP contribution in [0.5, 0.6) is 0 Å². The molecule has 5 nitrogen and oxygen atoms in total. The summed E-state index contributed by atoms with van der Waals surface area (Å²) in [6.45, 7) is 0. The van der Waals surface area contributed by atoms with Crippen molar-refractivity contribution in [2.45, 2.75) is 0 Å². The van der Waals surface area contributed by atoms with Crippen LogP contribution in [0.15, 0.2) is 138 Å². The number of para-hydroxylation sites is 1. The van der Waals surface area contributed by atoms with Crippen LogP contribution in [-0.2, 0) is 0 Å². The number of pyridine rings is 1. The lowest BCUT2D eigenvalue weighted by atomic mass is 10.0. The molecule has 0 aliphatic heterocycles. The molecule has 0 fully saturated rings. The average molecular weight is 607 g/mol. The van der Waals surface area contributed by atoms with Gasteiger partial charge in [-0.15, -0.1) is 11.3 Å². The van der Waals surface area contributed by atoms with Crippen LogP contribution in [0.25, 0.3) is 97.8 Å². The first-order valence-corrected chi connectivity index (χ1v) is 15.9. The van der Waals surface area contributed by atoms with Crippen LogP contribution >= 0.6 is 11.3 Å². The Labute approximate surface area is 266 Å². The Morgan fingerprint density at radius 1 is 0.500 bits per heavy atom. The highest BCUT2D eigenvalue weighted by Gasteiger charge is 2.19. The van der Waals surface area contributed by atoms with E-state index in [-0.39, 0.29) is 0 Å². The smallest absolute Gasteiger partial charge is 0.164 e. The summed E-state index contributed by atoms with van der Waals surface area (Å²) in [6, 6.07) is 41.8. The van der Waals surface area contributed by atoms with Crippen molar-refractivity contribution >= 4 is 75.0 Å². The standard InChI is InChI=1S/C40H22N4OS/c1-2-8-24-21-25(16-15-23(24)7-1)38-42-39(44-40(43-38)31-12-6-14-34-36(31)30-9-3-4-13-33(30)45-34)29-11-5-10-27-26(29)17-18-28-32-22-41-20-19-35(32)46-37(27)28/h1-22H. The van der Waals surface area contributed by atoms with Gasteiger partial charge in [-0.3, -0.25) is 4.98 Å². The topological polar surface area (TPSA) is 64.7 Å². The third-order valence-corrected chi connectivity index (χ3v) is 10.0. The molecule has 214 valence electrons. The zero-order valence-corrected chi connectivity index (χ0v) is 25.1. The van der Waals surface area contributed by atoms with Gasteiger partial charge in [-0.25, -0.2) is 15.0 Å². The number of hydrogen-bond acceptors (Lipinski definition) is 6. The second kappa shape index (κ2) is 9.76. The lowest BCUT2D eigenvalue weighted by Gasteiger charge is -2.11. The molecule has 46 heavy (non-hydrogen) atoms. The molecule has 10 aromatic rings. The monoisotopic (exact) mass is 606 g/mol. The molecule has 0 saturated carbocycles. The van der Waals surface area contributed by atoms with Gasteiger partial charge >= 0.3 is 0 Å². The summed E-state index contributed by atoms with van der Waals surface area (Å²) in [6.07, 6.45) is 3.81. The van der Waals surface area contributed by atoms with E-state index < -0.39 is 0 Å². The zero-order valence-electron chi connectivity index (χ0n) is 24.3. The predicted molar refractivity (Wildman–Crippen MR) is 189 cm³/mol. The molecule has 0 aliphatic rings. The van der Waals surface area contributed by atoms with E-state index in [4.69, 9.17) is 19.4 Å². The van der Waals surface area contributed by atoms with E-state index in [9.17, 15) is 0 Å². The van der Waals surface area contributed by atoms with Crippen molar-refractivity contribution in [3.63, 3.8) is 0 Å². The van der Waals surface area contributed by atoms with Gasteiger partial charge < -0.3 is 4.42 Å². The Balaban J connectivity index is 1.26. The van der Waals surface area contributed by atoms with Crippen molar-refractivity contribution < 1.29 is 4.42 Å². The van der Waals surface area contributed by atoms with E-state index in [1.165, 1.54) is 30.9 Å². The second-order valence-electron chi connectivity index (χ2n) is 11.5. The number of thiophene rings is 1. The summed E-state index contributed by atoms with van der Waals surface area (Å²) in [5, 5.41) is 9.01. The van der Waals surface area contributed by atoms with Crippen molar-refractivity contribution in [1.29, 1.82) is 0 Å². The lowest BCUT2D eigenvalue weighted by molar-refractivity contribution is 0.669. The Kier molecular flexibility index (Phi) is 5.38. The van der Waals surface area contributed by atoms with Crippen molar-refractivity contribution in [1.82, 2.24) is 19.9 Å². The van der Waals surface area contributed by atoms with Gasteiger partial charge in [-0.05, 0) is 40.4 Å². The van der Waals surface area contributed by atoms with Crippen molar-refractivity contribution in [3.05, 3.63) is 134 Å². The molecule has 0 saturated heterocycles. The number of aromatic nitrogens is 4. The number of furan rings is 1. The normalized spacial score (nSPS) is 11.9. The minimum atomic E-state index is 0.608. The van der Waals surface area contributed by atoms with E-state index in [1.807, 2.05) is 42.7 Å². The molecular weight excluding hydrogens is 585 g/mol. The van der Waals surface area contributed by atoms with Gasteiger partial charge in [0.2, 0.25) is 0 Å². The molecule has 0 bridgehead atoms. The largest absolute Gasteiger partial charge is 0.456 e. The van der Waals surface area contributed by atoms with E-state index in [0.717, 1.165) is 49.4 Å². The molecular formula is C40H22N4OS. The van der Waals surface area contributed by atoms with Gasteiger partial charge in [-0.2, -0.15) is 0 Å². The van der Waals surface area contributed by atoms with Gasteiger partial charge in [-0.1, -0.05) is 97.1 Å². The van der Waals surface area contributed by atoms with Gasteiger partial charge in [0, 0.05) is 65.4 Å². The Morgan fingerprint density at radius 2 is 1.22 bits per heavy atom. The molecule has 0 unspecified atom stereocenters. The number of benzene rings is 6. The Bertz CT molecular complexity index is 2830. The lowest BCUT2D eigenvalue weighted by Crippen LogP contribution is -2.01. The number of fused-ring (bicyclic) bond motifs is 9. The van der Waals surface area contributed by atoms with E-state index in [0.29, 0.717) is 17.5 Å². The fraction of sp³-hybridized carbons (Fsp3) is 0. The third kappa shape index (κ3) is 3.81. The van der Waals surface area contributed by atoms with E-state index in [1.54, 1.807) is 11.3 Å². The summed E-state index contributed by atoms with van der Waals surface area (Å²) in [4.78, 5) is 19.9. The number of rotatable bonds is 3. The predicted octanol–water partition coefficient (Wildman–Crippen LogP) is 10.8. The average Bonchev–Trinajstić information content (AvgIpc) is 3.70. The molecule has 4 heterocycles. The molecule has 0 radical (unpaired) electrons. The Morgan fingerprint density at radius 3 is 2.17 bits per heavy atom. The zero-order chi connectivity index (χ0) is 30.2. The van der Waals surface area contributed by atoms with Crippen LogP contribution in [0.2, 0.25) is 0 Å². The van der Waals surface area contributed by atoms with Crippen LogP contribution in [-0.4, -0.2) is 19.9 Å². The van der Waals surface area contributed by atoms with Crippen LogP contribution in [0, 0.1) is 0 Å². The molecule has 10 rings (SSSR count). The van der Waals surface area contributed by atoms with Gasteiger partial charge in [0.15, 0.2) is 17.5 Å². The molecule has 6 heteroatoms. The summed E-state index contributed by atoms with van der Waals surface area (Å²) < 4.78 is 8.70. The summed E-state index contributed by atoms with van der Waals surface area (Å²) >= 11 is 1.80. The molecule has 0 N–H and O–H groups in total. The molecule has 0 aliphatic carbocycles. The van der Waals surface area contributed by atoms with Gasteiger partial charge in [0.25, 0.3) is 0 Å². The molecule has 6 aromatic carbocycles. The minimum absolute atomic E-state index is 0.608. The van der Waals surface area contributed by atoms with Crippen molar-refractivity contribution in [2.75, 3.05) is 0 Å². The summed E-state index contributed by atoms with van der Waals surface area (Å²) in [7, 11) is 0. The third-order valence-electron chi connectivity index (χ3n) is 8.82. The fourth-order valence-electron chi connectivity index (χ4n) is 6.67. The maximum atomic E-state index is 6.24. The molecule has 0 amide bonds. The maximum absolute atomic E-state index is 6.24. The quantitative estimate of drug-likeness (QED) is 0.200. The molecule has 0 atom stereocenters. The Hall–Kier alpha value is -5.98. The van der Waals surface area contributed by atoms with Crippen LogP contribution in [0.1, 0.15) is 0 Å². The first kappa shape index (κ1) is 25.4. The highest BCUT2D eigenvalue weighted by molar-refractivity contribution is 7.26. The van der Waals surface area contributed by atoms with Gasteiger partial charge in [0.1, 0.15) is 11.2 Å². The maximum Gasteiger partial charge on any atom is 0.164 e. The molecule has 0 spiro atoms. The first-order valence-electron chi connectivity index (χ1n) is 15.1. The van der Waals surface area contributed by atoms with Crippen LogP contribution in [0.4, 0.5) is 0 Å². The highest BCUT2D eigenvalue weighted by atomic mass is 32.1. The highest BCUT2D eigenvalue weighted by Crippen LogP contribution is 2.41. The minimum Gasteiger partial charge on any atom is -0.456 e. The number of hydrogen-bond donors (Lipinski definition) is 0. The second-order valence-corrected chi connectivity index (χ2v) is 12.5. The van der Waals surface area contributed by atoms with Gasteiger partial charge in [0.05, 0.1) is 0 Å². The number of nitrogens with zero attached hydrogens (tertiary/aromatic N) is 4. The van der Waals surface area contributed by atoms with Crippen LogP contribution < -0.4 is 0 Å². The van der Waals surface area contributed by atoms with Crippen molar-refractivity contribution in [3.8, 4) is 34.2 Å². The van der Waals surface area contributed by atoms with E-state index >= 15 is 0 Å².